The Morgan fingerprint density at radius 2 is 1.71 bits per heavy atom. The molecule has 70 heavy (non-hydrogen) atoms. The van der Waals surface area contributed by atoms with E-state index in [9.17, 15) is 51.1 Å². The van der Waals surface area contributed by atoms with Crippen molar-refractivity contribution >= 4 is 5.78 Å². The minimum Gasteiger partial charge on any atom is -0.396 e. The van der Waals surface area contributed by atoms with E-state index >= 15 is 4.79 Å². The normalized spacial score (nSPS) is 49.6. The van der Waals surface area contributed by atoms with E-state index in [4.69, 9.17) is 10.5 Å². The van der Waals surface area contributed by atoms with Gasteiger partial charge in [-0.25, -0.2) is 0 Å². The number of hydrogen-bond donors (Lipinski definition) is 13. The van der Waals surface area contributed by atoms with Crippen molar-refractivity contribution in [1.82, 2.24) is 10.6 Å². The first kappa shape index (κ1) is 51.2. The molecule has 0 aromatic carbocycles. The smallest absolute Gasteiger partial charge is 0.182 e. The molecule has 15 nitrogen and oxygen atoms in total. The molecule has 0 amide bonds. The average molecular weight is 980 g/mol. The van der Waals surface area contributed by atoms with Crippen LogP contribution in [0.4, 0.5) is 0 Å². The van der Waals surface area contributed by atoms with Gasteiger partial charge in [0.15, 0.2) is 5.78 Å². The first-order valence-corrected chi connectivity index (χ1v) is 27.4. The van der Waals surface area contributed by atoms with E-state index in [1.165, 1.54) is 0 Å². The molecule has 22 unspecified atom stereocenters. The lowest BCUT2D eigenvalue weighted by Crippen LogP contribution is -2.78. The molecule has 2 spiro atoms. The van der Waals surface area contributed by atoms with Crippen LogP contribution in [0.1, 0.15) is 136 Å². The van der Waals surface area contributed by atoms with Gasteiger partial charge in [0.05, 0.1) is 65.8 Å². The van der Waals surface area contributed by atoms with Crippen molar-refractivity contribution in [1.29, 1.82) is 0 Å². The zero-order valence-corrected chi connectivity index (χ0v) is 41.8. The fourth-order valence-electron chi connectivity index (χ4n) is 18.8. The standard InChI is InChI=1S/C55H85N3O12/c1-4-7-30-10-12-33-39(16-11-30)70-49-43(33)37(62)9-5-20-55(49,69)50(3,67)40-19-22-54(68)48-45(57-28-29(2)61)47(66)44-34-13-15-35-31(32-14-17-42(56)58-36(32)8-6-24-59)18-21-52(48,41(64)27-51(40,54)23-25-60)53(35,44)26-38(63)46(34)65/h14,17-18,21,29-31,33-35,37-44,46,49,57-65,67-69H,4-13,15-16,19-20,22-28,56H2,1-3H3. The lowest BCUT2D eigenvalue weighted by Gasteiger charge is -2.74. The van der Waals surface area contributed by atoms with E-state index < -0.39 is 112 Å². The van der Waals surface area contributed by atoms with Crippen molar-refractivity contribution in [2.75, 3.05) is 19.8 Å². The molecule has 6 saturated carbocycles. The Labute approximate surface area is 413 Å². The van der Waals surface area contributed by atoms with E-state index in [1.54, 1.807) is 13.8 Å². The fraction of sp³-hybridized carbons (Fsp3) is 0.836. The monoisotopic (exact) mass is 980 g/mol. The Hall–Kier alpha value is -2.25. The first-order chi connectivity index (χ1) is 33.3. The summed E-state index contributed by atoms with van der Waals surface area (Å²) in [5.41, 5.74) is -1.78. The molecule has 2 heterocycles. The summed E-state index contributed by atoms with van der Waals surface area (Å²) in [5.74, 6) is -3.55. The summed E-state index contributed by atoms with van der Waals surface area (Å²) in [7, 11) is 0. The van der Waals surface area contributed by atoms with Gasteiger partial charge in [-0.1, -0.05) is 44.4 Å². The number of hydrogen-bond acceptors (Lipinski definition) is 15. The van der Waals surface area contributed by atoms with Gasteiger partial charge in [-0.15, -0.1) is 0 Å². The van der Waals surface area contributed by atoms with Crippen LogP contribution in [0, 0.1) is 63.6 Å². The van der Waals surface area contributed by atoms with E-state index in [1.807, 2.05) is 18.2 Å². The second-order valence-corrected chi connectivity index (χ2v) is 24.5. The molecule has 392 valence electrons. The zero-order valence-electron chi connectivity index (χ0n) is 41.8. The van der Waals surface area contributed by atoms with Gasteiger partial charge in [0.25, 0.3) is 0 Å². The number of Topliss-reactive ketones (excluding diaryl/α,β-unsaturated/α-hetero) is 1. The van der Waals surface area contributed by atoms with Crippen molar-refractivity contribution in [3.8, 4) is 0 Å². The topological polar surface area (TPSA) is 279 Å². The molecule has 8 aliphatic carbocycles. The molecule has 14 N–H and O–H groups in total. The second-order valence-electron chi connectivity index (χ2n) is 24.5. The Balaban J connectivity index is 1.14. The Kier molecular flexibility index (Phi) is 13.6. The highest BCUT2D eigenvalue weighted by Gasteiger charge is 2.83. The molecule has 10 rings (SSSR count). The van der Waals surface area contributed by atoms with Crippen molar-refractivity contribution < 1.29 is 60.6 Å². The molecule has 1 saturated heterocycles. The van der Waals surface area contributed by atoms with Crippen LogP contribution in [0.2, 0.25) is 0 Å². The number of nitrogens with one attached hydrogen (secondary N) is 2. The number of carbonyl (C=O) groups is 1. The molecule has 2 bridgehead atoms. The number of nitrogens with two attached hydrogens (primary N) is 1. The van der Waals surface area contributed by atoms with E-state index in [0.29, 0.717) is 44.4 Å². The van der Waals surface area contributed by atoms with Crippen molar-refractivity contribution in [2.24, 2.45) is 69.3 Å². The van der Waals surface area contributed by atoms with Gasteiger partial charge in [0.2, 0.25) is 0 Å². The third-order valence-corrected chi connectivity index (χ3v) is 21.5. The predicted octanol–water partition coefficient (Wildman–Crippen LogP) is 2.48. The minimum absolute atomic E-state index is 0.000773. The molecule has 22 atom stereocenters. The molecule has 15 heteroatoms. The van der Waals surface area contributed by atoms with Crippen LogP contribution in [-0.4, -0.2) is 142 Å². The Morgan fingerprint density at radius 1 is 0.957 bits per heavy atom. The third kappa shape index (κ3) is 7.05. The number of ether oxygens (including phenoxy) is 1. The third-order valence-electron chi connectivity index (χ3n) is 21.5. The molecular formula is C55H85N3O12. The van der Waals surface area contributed by atoms with Gasteiger partial charge in [0, 0.05) is 65.0 Å². The number of aliphatic hydroxyl groups is 10. The lowest BCUT2D eigenvalue weighted by atomic mass is 9.29. The maximum absolute atomic E-state index is 16.0. The highest BCUT2D eigenvalue weighted by atomic mass is 16.5. The van der Waals surface area contributed by atoms with Crippen molar-refractivity contribution in [3.05, 3.63) is 46.8 Å². The molecule has 7 fully saturated rings. The van der Waals surface area contributed by atoms with E-state index in [0.717, 1.165) is 49.8 Å². The summed E-state index contributed by atoms with van der Waals surface area (Å²) in [6.45, 7) is 4.86. The summed E-state index contributed by atoms with van der Waals surface area (Å²) in [5, 5.41) is 130. The van der Waals surface area contributed by atoms with Crippen LogP contribution in [0.3, 0.4) is 0 Å². The largest absolute Gasteiger partial charge is 0.396 e. The second kappa shape index (κ2) is 18.5. The van der Waals surface area contributed by atoms with Crippen molar-refractivity contribution in [3.63, 3.8) is 0 Å². The molecular weight excluding hydrogens is 895 g/mol. The highest BCUT2D eigenvalue weighted by Crippen LogP contribution is 2.80. The van der Waals surface area contributed by atoms with Gasteiger partial charge in [-0.05, 0) is 151 Å². The number of aliphatic hydroxyl groups excluding tert-OH is 7. The van der Waals surface area contributed by atoms with Crippen LogP contribution < -0.4 is 16.4 Å². The zero-order chi connectivity index (χ0) is 49.9. The van der Waals surface area contributed by atoms with Gasteiger partial charge in [-0.2, -0.15) is 0 Å². The summed E-state index contributed by atoms with van der Waals surface area (Å²) >= 11 is 0. The number of ketones is 1. The quantitative estimate of drug-likeness (QED) is 0.118. The van der Waals surface area contributed by atoms with Gasteiger partial charge >= 0.3 is 0 Å². The number of dihydropyridines is 1. The lowest BCUT2D eigenvalue weighted by molar-refractivity contribution is -0.277. The van der Waals surface area contributed by atoms with E-state index in [-0.39, 0.29) is 86.7 Å². The summed E-state index contributed by atoms with van der Waals surface area (Å²) < 4.78 is 7.00. The Morgan fingerprint density at radius 3 is 2.44 bits per heavy atom. The summed E-state index contributed by atoms with van der Waals surface area (Å²) in [4.78, 5) is 16.0. The van der Waals surface area contributed by atoms with Crippen LogP contribution in [-0.2, 0) is 9.53 Å². The molecule has 2 aliphatic heterocycles. The van der Waals surface area contributed by atoms with Crippen LogP contribution >= 0.6 is 0 Å². The minimum atomic E-state index is -2.01. The molecule has 10 aliphatic rings. The van der Waals surface area contributed by atoms with Gasteiger partial charge in [-0.3, -0.25) is 4.79 Å². The number of fused-ring (bicyclic) bond motifs is 5. The highest BCUT2D eigenvalue weighted by molar-refractivity contribution is 6.01. The van der Waals surface area contributed by atoms with Gasteiger partial charge in [0.1, 0.15) is 5.60 Å². The summed E-state index contributed by atoms with van der Waals surface area (Å²) in [6, 6.07) is 0. The summed E-state index contributed by atoms with van der Waals surface area (Å²) in [6.07, 6.45) is 9.46. The fourth-order valence-corrected chi connectivity index (χ4v) is 18.8. The molecule has 0 radical (unpaired) electrons. The maximum Gasteiger partial charge on any atom is 0.182 e. The average Bonchev–Trinajstić information content (AvgIpc) is 3.71. The number of allylic oxidation sites excluding steroid dienone is 5. The van der Waals surface area contributed by atoms with Crippen molar-refractivity contribution in [2.45, 2.75) is 202 Å². The van der Waals surface area contributed by atoms with Gasteiger partial charge < -0.3 is 72.2 Å². The molecule has 0 aromatic heterocycles. The number of rotatable bonds is 13. The predicted molar refractivity (Wildman–Crippen MR) is 260 cm³/mol. The maximum atomic E-state index is 16.0. The van der Waals surface area contributed by atoms with Crippen LogP contribution in [0.15, 0.2) is 46.8 Å². The Bertz CT molecular complexity index is 2130. The van der Waals surface area contributed by atoms with Crippen LogP contribution in [0.5, 0.6) is 0 Å². The number of carbonyl (C=O) groups excluding carboxylic acids is 1. The molecule has 0 aromatic rings. The first-order valence-electron chi connectivity index (χ1n) is 27.4. The van der Waals surface area contributed by atoms with Crippen LogP contribution in [0.25, 0.3) is 0 Å². The SMILES string of the molecule is CCCC1CCC2OC3C(C(O)CCCC3(O)C(C)(O)C3CCC4(O)C5=C(NCC(C)O)C(=O)C6C7CCC8C(C9=C(CCCO)NC(N)C=C9)C=CC5(C(O)CC34CCO)C86CC(O)C7O)C2CC1. The van der Waals surface area contributed by atoms with E-state index in [2.05, 4.69) is 23.6 Å².